The number of hydrogen-bond donors (Lipinski definition) is 3. The van der Waals surface area contributed by atoms with Gasteiger partial charge in [-0.3, -0.25) is 0 Å². The van der Waals surface area contributed by atoms with Gasteiger partial charge < -0.3 is 20.6 Å². The maximum absolute atomic E-state index is 14.0. The number of nitrogens with zero attached hydrogens (tertiary/aromatic N) is 1. The van der Waals surface area contributed by atoms with Crippen LogP contribution < -0.4 is 15.5 Å². The number of halogens is 3. The van der Waals surface area contributed by atoms with Crippen molar-refractivity contribution in [1.29, 1.82) is 0 Å². The maximum atomic E-state index is 14.0. The predicted molar refractivity (Wildman–Crippen MR) is 138 cm³/mol. The third kappa shape index (κ3) is 6.22. The van der Waals surface area contributed by atoms with Gasteiger partial charge in [0.05, 0.1) is 16.9 Å². The minimum atomic E-state index is -2.68. The minimum Gasteiger partial charge on any atom is -0.478 e. The van der Waals surface area contributed by atoms with E-state index in [1.807, 2.05) is 24.0 Å². The third-order valence-electron chi connectivity index (χ3n) is 6.69. The molecule has 1 fully saturated rings. The molecule has 4 rings (SSSR count). The van der Waals surface area contributed by atoms with Gasteiger partial charge in [0, 0.05) is 31.6 Å². The van der Waals surface area contributed by atoms with Gasteiger partial charge >= 0.3 is 12.0 Å². The van der Waals surface area contributed by atoms with Crippen LogP contribution in [-0.2, 0) is 0 Å². The Labute approximate surface area is 213 Å². The molecule has 0 aromatic heterocycles. The van der Waals surface area contributed by atoms with E-state index in [1.165, 1.54) is 6.07 Å². The van der Waals surface area contributed by atoms with Gasteiger partial charge in [0.15, 0.2) is 0 Å². The van der Waals surface area contributed by atoms with Crippen LogP contribution in [0.5, 0.6) is 0 Å². The van der Waals surface area contributed by atoms with E-state index in [0.29, 0.717) is 22.6 Å². The molecular formula is C28H28F3N3O3. The Kier molecular flexibility index (Phi) is 7.42. The maximum Gasteiger partial charge on any atom is 0.336 e. The molecule has 0 aliphatic heterocycles. The molecular weight excluding hydrogens is 483 g/mol. The lowest BCUT2D eigenvalue weighted by Gasteiger charge is -2.36. The number of benzene rings is 3. The van der Waals surface area contributed by atoms with Crippen LogP contribution in [0.3, 0.4) is 0 Å². The van der Waals surface area contributed by atoms with Gasteiger partial charge in [-0.1, -0.05) is 23.8 Å². The van der Waals surface area contributed by atoms with E-state index in [0.717, 1.165) is 17.7 Å². The van der Waals surface area contributed by atoms with Crippen molar-refractivity contribution in [3.63, 3.8) is 0 Å². The highest BCUT2D eigenvalue weighted by atomic mass is 19.3. The smallest absolute Gasteiger partial charge is 0.336 e. The van der Waals surface area contributed by atoms with Crippen molar-refractivity contribution in [1.82, 2.24) is 0 Å². The molecule has 1 aliphatic carbocycles. The van der Waals surface area contributed by atoms with Crippen LogP contribution in [0, 0.1) is 12.7 Å². The first kappa shape index (κ1) is 26.1. The number of aryl methyl sites for hydroxylation is 1. The summed E-state index contributed by atoms with van der Waals surface area (Å²) in [6.07, 6.45) is 0.130. The number of carbonyl (C=O) groups excluding carboxylic acids is 1. The number of nitrogens with one attached hydrogen (secondary N) is 2. The zero-order valence-electron chi connectivity index (χ0n) is 20.5. The minimum absolute atomic E-state index is 0.0907. The second kappa shape index (κ2) is 10.5. The number of urea groups is 1. The number of amides is 2. The van der Waals surface area contributed by atoms with Gasteiger partial charge in [0.2, 0.25) is 5.92 Å². The largest absolute Gasteiger partial charge is 0.478 e. The summed E-state index contributed by atoms with van der Waals surface area (Å²) in [4.78, 5) is 26.5. The highest BCUT2D eigenvalue weighted by molar-refractivity contribution is 6.03. The van der Waals surface area contributed by atoms with Crippen LogP contribution in [0.2, 0.25) is 0 Å². The number of aromatic carboxylic acids is 1. The van der Waals surface area contributed by atoms with Crippen LogP contribution in [0.15, 0.2) is 60.7 Å². The summed E-state index contributed by atoms with van der Waals surface area (Å²) in [5.74, 6) is -4.50. The van der Waals surface area contributed by atoms with Gasteiger partial charge in [-0.15, -0.1) is 0 Å². The van der Waals surface area contributed by atoms with Crippen molar-refractivity contribution >= 4 is 29.1 Å². The molecule has 194 valence electrons. The van der Waals surface area contributed by atoms with Crippen molar-refractivity contribution in [2.24, 2.45) is 0 Å². The molecule has 3 aromatic carbocycles. The molecule has 0 atom stereocenters. The number of carboxylic acid groups (broad SMARTS) is 1. The zero-order chi connectivity index (χ0) is 26.7. The standard InChI is InChI=1S/C28H28F3N3O3/c1-17-3-7-20(8-4-17)32-27(37)33-24-15-18(23-16-19(29)6-9-22(23)26(35)36)5-10-25(24)34(2)21-11-13-28(30,31)14-12-21/h3-10,15-16,21H,11-14H2,1-2H3,(H,35,36)(H2,32,33,37). The number of anilines is 3. The molecule has 0 unspecified atom stereocenters. The van der Waals surface area contributed by atoms with E-state index in [9.17, 15) is 27.9 Å². The SMILES string of the molecule is Cc1ccc(NC(=O)Nc2cc(-c3cc(F)ccc3C(=O)O)ccc2N(C)C2CCC(F)(F)CC2)cc1. The monoisotopic (exact) mass is 511 g/mol. The Bertz CT molecular complexity index is 1300. The Balaban J connectivity index is 1.69. The Hall–Kier alpha value is -4.01. The topological polar surface area (TPSA) is 81.7 Å². The quantitative estimate of drug-likeness (QED) is 0.328. The molecule has 0 spiro atoms. The first-order chi connectivity index (χ1) is 17.5. The molecule has 0 bridgehead atoms. The first-order valence-corrected chi connectivity index (χ1v) is 11.9. The molecule has 0 heterocycles. The van der Waals surface area contributed by atoms with Crippen molar-refractivity contribution in [3.05, 3.63) is 77.6 Å². The zero-order valence-corrected chi connectivity index (χ0v) is 20.5. The van der Waals surface area contributed by atoms with E-state index < -0.39 is 23.7 Å². The van der Waals surface area contributed by atoms with Crippen LogP contribution >= 0.6 is 0 Å². The summed E-state index contributed by atoms with van der Waals surface area (Å²) in [6, 6.07) is 14.8. The average Bonchev–Trinajstić information content (AvgIpc) is 2.84. The van der Waals surface area contributed by atoms with Crippen molar-refractivity contribution in [2.75, 3.05) is 22.6 Å². The Morgan fingerprint density at radius 1 is 0.973 bits per heavy atom. The number of carboxylic acids is 1. The van der Waals surface area contributed by atoms with Crippen molar-refractivity contribution < 1.29 is 27.9 Å². The number of hydrogen-bond acceptors (Lipinski definition) is 3. The summed E-state index contributed by atoms with van der Waals surface area (Å²) in [5, 5.41) is 15.2. The fourth-order valence-electron chi connectivity index (χ4n) is 4.58. The van der Waals surface area contributed by atoms with Crippen LogP contribution in [0.25, 0.3) is 11.1 Å². The fraction of sp³-hybridized carbons (Fsp3) is 0.286. The summed E-state index contributed by atoms with van der Waals surface area (Å²) in [6.45, 7) is 1.93. The highest BCUT2D eigenvalue weighted by Gasteiger charge is 2.36. The predicted octanol–water partition coefficient (Wildman–Crippen LogP) is 7.16. The van der Waals surface area contributed by atoms with Crippen LogP contribution in [0.1, 0.15) is 41.6 Å². The van der Waals surface area contributed by atoms with Crippen LogP contribution in [0.4, 0.5) is 35.0 Å². The molecule has 1 saturated carbocycles. The Morgan fingerprint density at radius 3 is 2.30 bits per heavy atom. The molecule has 6 nitrogen and oxygen atoms in total. The van der Waals surface area contributed by atoms with E-state index in [2.05, 4.69) is 10.6 Å². The summed E-state index contributed by atoms with van der Waals surface area (Å²) in [7, 11) is 1.77. The normalized spacial score (nSPS) is 15.2. The van der Waals surface area contributed by atoms with Gasteiger partial charge in [0.1, 0.15) is 5.82 Å². The summed E-state index contributed by atoms with van der Waals surface area (Å²) in [5.41, 5.74) is 2.96. The second-order valence-corrected chi connectivity index (χ2v) is 9.37. The summed E-state index contributed by atoms with van der Waals surface area (Å²) < 4.78 is 41.5. The third-order valence-corrected chi connectivity index (χ3v) is 6.69. The summed E-state index contributed by atoms with van der Waals surface area (Å²) >= 11 is 0. The van der Waals surface area contributed by atoms with Crippen molar-refractivity contribution in [3.8, 4) is 11.1 Å². The second-order valence-electron chi connectivity index (χ2n) is 9.37. The van der Waals surface area contributed by atoms with Crippen molar-refractivity contribution in [2.45, 2.75) is 44.6 Å². The molecule has 9 heteroatoms. The molecule has 2 amide bonds. The van der Waals surface area contributed by atoms with Gasteiger partial charge in [-0.25, -0.2) is 22.8 Å². The lowest BCUT2D eigenvalue weighted by molar-refractivity contribution is -0.0377. The van der Waals surface area contributed by atoms with Gasteiger partial charge in [-0.05, 0) is 73.4 Å². The molecule has 37 heavy (non-hydrogen) atoms. The molecule has 3 N–H and O–H groups in total. The average molecular weight is 512 g/mol. The first-order valence-electron chi connectivity index (χ1n) is 11.9. The fourth-order valence-corrected chi connectivity index (χ4v) is 4.58. The molecule has 0 radical (unpaired) electrons. The molecule has 3 aromatic rings. The number of carbonyl (C=O) groups is 2. The van der Waals surface area contributed by atoms with E-state index >= 15 is 0 Å². The van der Waals surface area contributed by atoms with Gasteiger partial charge in [0.25, 0.3) is 0 Å². The van der Waals surface area contributed by atoms with E-state index in [-0.39, 0.29) is 42.9 Å². The van der Waals surface area contributed by atoms with E-state index in [4.69, 9.17) is 0 Å². The molecule has 0 saturated heterocycles. The van der Waals surface area contributed by atoms with E-state index in [1.54, 1.807) is 37.4 Å². The van der Waals surface area contributed by atoms with Gasteiger partial charge in [-0.2, -0.15) is 0 Å². The molecule has 1 aliphatic rings. The van der Waals surface area contributed by atoms with Crippen LogP contribution in [-0.4, -0.2) is 36.1 Å². The highest BCUT2D eigenvalue weighted by Crippen LogP contribution is 2.39. The lowest BCUT2D eigenvalue weighted by atomic mass is 9.91. The lowest BCUT2D eigenvalue weighted by Crippen LogP contribution is -2.39. The Morgan fingerprint density at radius 2 is 1.65 bits per heavy atom. The number of alkyl halides is 2. The number of rotatable bonds is 6.